The van der Waals surface area contributed by atoms with Crippen LogP contribution >= 0.6 is 0 Å². The normalized spacial score (nSPS) is 18.8. The van der Waals surface area contributed by atoms with Crippen molar-refractivity contribution in [2.75, 3.05) is 19.7 Å². The largest absolute Gasteiger partial charge is 0.395 e. The van der Waals surface area contributed by atoms with Gasteiger partial charge < -0.3 is 15.1 Å². The Morgan fingerprint density at radius 3 is 2.57 bits per heavy atom. The Kier molecular flexibility index (Phi) is 5.04. The Morgan fingerprint density at radius 2 is 1.82 bits per heavy atom. The van der Waals surface area contributed by atoms with Crippen LogP contribution in [0.2, 0.25) is 0 Å². The number of benzene rings is 2. The van der Waals surface area contributed by atoms with Crippen LogP contribution in [0.25, 0.3) is 0 Å². The van der Waals surface area contributed by atoms with Gasteiger partial charge >= 0.3 is 6.03 Å². The quantitative estimate of drug-likeness (QED) is 0.855. The van der Waals surface area contributed by atoms with Gasteiger partial charge in [0.25, 0.3) is 0 Å². The molecular formula is C20H21N3O4S. The van der Waals surface area contributed by atoms with E-state index in [0.29, 0.717) is 26.2 Å². The van der Waals surface area contributed by atoms with Crippen molar-refractivity contribution in [3.05, 3.63) is 60.2 Å². The van der Waals surface area contributed by atoms with Crippen molar-refractivity contribution in [3.8, 4) is 0 Å². The lowest BCUT2D eigenvalue weighted by Crippen LogP contribution is -2.48. The van der Waals surface area contributed by atoms with E-state index in [1.165, 1.54) is 0 Å². The van der Waals surface area contributed by atoms with E-state index in [0.717, 1.165) is 17.7 Å². The second-order valence-electron chi connectivity index (χ2n) is 6.89. The Hall–Kier alpha value is -2.87. The molecule has 2 aromatic carbocycles. The van der Waals surface area contributed by atoms with Gasteiger partial charge in [-0.2, -0.15) is 0 Å². The summed E-state index contributed by atoms with van der Waals surface area (Å²) in [6.07, 6.45) is 0.740. The summed E-state index contributed by atoms with van der Waals surface area (Å²) in [6, 6.07) is 14.8. The van der Waals surface area contributed by atoms with Crippen molar-refractivity contribution in [1.82, 2.24) is 10.2 Å². The average Bonchev–Trinajstić information content (AvgIpc) is 3.21. The molecule has 1 atom stereocenters. The predicted octanol–water partition coefficient (Wildman–Crippen LogP) is 2.44. The van der Waals surface area contributed by atoms with Gasteiger partial charge in [0, 0.05) is 26.1 Å². The van der Waals surface area contributed by atoms with E-state index in [1.54, 1.807) is 59.5 Å². The van der Waals surface area contributed by atoms with Crippen LogP contribution in [-0.4, -0.2) is 44.8 Å². The fourth-order valence-electron chi connectivity index (χ4n) is 3.39. The van der Waals surface area contributed by atoms with Crippen molar-refractivity contribution in [2.24, 2.45) is 11.1 Å². The molecule has 28 heavy (non-hydrogen) atoms. The van der Waals surface area contributed by atoms with E-state index in [9.17, 15) is 13.2 Å². The highest BCUT2D eigenvalue weighted by molar-refractivity contribution is 7.91. The number of sulfone groups is 1. The van der Waals surface area contributed by atoms with Gasteiger partial charge in [0.1, 0.15) is 6.61 Å². The minimum atomic E-state index is -3.53. The summed E-state index contributed by atoms with van der Waals surface area (Å²) in [5.74, 6) is 0.196. The maximum Gasteiger partial charge on any atom is 0.317 e. The molecule has 2 aliphatic rings. The maximum atomic E-state index is 12.6. The van der Waals surface area contributed by atoms with Gasteiger partial charge in [-0.05, 0) is 29.8 Å². The summed E-state index contributed by atoms with van der Waals surface area (Å²) in [4.78, 5) is 19.8. The van der Waals surface area contributed by atoms with Gasteiger partial charge in [-0.1, -0.05) is 35.5 Å². The van der Waals surface area contributed by atoms with E-state index in [-0.39, 0.29) is 21.7 Å². The number of amides is 2. The number of urea groups is 1. The first-order valence-corrected chi connectivity index (χ1v) is 10.6. The monoisotopic (exact) mass is 399 g/mol. The average molecular weight is 399 g/mol. The van der Waals surface area contributed by atoms with Crippen LogP contribution in [-0.2, 0) is 21.2 Å². The second kappa shape index (κ2) is 7.63. The van der Waals surface area contributed by atoms with E-state index in [4.69, 9.17) is 4.84 Å². The number of oxime groups is 1. The number of nitrogens with zero attached hydrogens (tertiary/aromatic N) is 2. The van der Waals surface area contributed by atoms with Crippen LogP contribution < -0.4 is 5.32 Å². The fraction of sp³-hybridized carbons (Fsp3) is 0.300. The van der Waals surface area contributed by atoms with Crippen molar-refractivity contribution in [3.63, 3.8) is 0 Å². The Balaban J connectivity index is 1.36. The Morgan fingerprint density at radius 1 is 1.11 bits per heavy atom. The molecule has 4 rings (SSSR count). The molecule has 2 aromatic rings. The number of carbonyl (C=O) groups excluding carboxylic acids is 1. The molecule has 146 valence electrons. The Bertz CT molecular complexity index is 988. The summed E-state index contributed by atoms with van der Waals surface area (Å²) in [7, 11) is -3.53. The minimum Gasteiger partial charge on any atom is -0.395 e. The molecule has 0 saturated carbocycles. The number of hydrogen-bond acceptors (Lipinski definition) is 5. The lowest BCUT2D eigenvalue weighted by Gasteiger charge is -2.30. The molecule has 0 spiro atoms. The molecular weight excluding hydrogens is 378 g/mol. The van der Waals surface area contributed by atoms with Crippen molar-refractivity contribution < 1.29 is 18.0 Å². The predicted molar refractivity (Wildman–Crippen MR) is 104 cm³/mol. The van der Waals surface area contributed by atoms with Crippen molar-refractivity contribution in [1.29, 1.82) is 0 Å². The van der Waals surface area contributed by atoms with Crippen molar-refractivity contribution >= 4 is 21.6 Å². The molecule has 8 heteroatoms. The third-order valence-corrected chi connectivity index (χ3v) is 6.81. The molecule has 2 aliphatic heterocycles. The highest BCUT2D eigenvalue weighted by atomic mass is 32.2. The molecule has 2 amide bonds. The molecule has 0 aliphatic carbocycles. The number of likely N-dealkylation sites (tertiary alicyclic amines) is 1. The van der Waals surface area contributed by atoms with Gasteiger partial charge in [-0.3, -0.25) is 0 Å². The first-order chi connectivity index (χ1) is 13.5. The summed E-state index contributed by atoms with van der Waals surface area (Å²) in [5, 5.41) is 6.90. The summed E-state index contributed by atoms with van der Waals surface area (Å²) in [5.41, 5.74) is 1.88. The van der Waals surface area contributed by atoms with Crippen LogP contribution in [0.1, 0.15) is 12.0 Å². The van der Waals surface area contributed by atoms with Gasteiger partial charge in [-0.25, -0.2) is 13.2 Å². The number of nitrogens with one attached hydrogen (secondary N) is 1. The first-order valence-electron chi connectivity index (χ1n) is 9.14. The van der Waals surface area contributed by atoms with Gasteiger partial charge in [0.15, 0.2) is 0 Å². The fourth-order valence-corrected chi connectivity index (χ4v) is 4.67. The molecule has 1 N–H and O–H groups in total. The number of hydrogen-bond donors (Lipinski definition) is 1. The van der Waals surface area contributed by atoms with Crippen LogP contribution in [0.3, 0.4) is 0 Å². The van der Waals surface area contributed by atoms with Gasteiger partial charge in [0.05, 0.1) is 21.4 Å². The maximum absolute atomic E-state index is 12.6. The number of fused-ring (bicyclic) bond motifs is 1. The lowest BCUT2D eigenvalue weighted by atomic mass is 9.97. The molecule has 1 saturated heterocycles. The third kappa shape index (κ3) is 3.73. The highest BCUT2D eigenvalue weighted by Crippen LogP contribution is 2.22. The zero-order chi connectivity index (χ0) is 19.6. The number of piperidine rings is 1. The molecule has 0 aromatic heterocycles. The second-order valence-corrected chi connectivity index (χ2v) is 8.84. The summed E-state index contributed by atoms with van der Waals surface area (Å²) >= 11 is 0. The first kappa shape index (κ1) is 18.5. The standard InChI is InChI=1S/C20H21N3O4S/c24-20(23-11-10-19-16(13-23)14-27-22-19)21-12-15-6-8-18(9-7-15)28(25,26)17-4-2-1-3-5-17/h1-9,16H,10-14H2,(H,21,24). The number of carbonyl (C=O) groups is 1. The van der Waals surface area contributed by atoms with E-state index >= 15 is 0 Å². The van der Waals surface area contributed by atoms with Crippen LogP contribution in [0.5, 0.6) is 0 Å². The van der Waals surface area contributed by atoms with Crippen LogP contribution in [0.15, 0.2) is 69.5 Å². The summed E-state index contributed by atoms with van der Waals surface area (Å²) < 4.78 is 25.2. The molecule has 1 fully saturated rings. The molecule has 0 radical (unpaired) electrons. The molecule has 7 nitrogen and oxygen atoms in total. The zero-order valence-corrected chi connectivity index (χ0v) is 16.1. The molecule has 0 bridgehead atoms. The molecule has 1 unspecified atom stereocenters. The van der Waals surface area contributed by atoms with Crippen LogP contribution in [0, 0.1) is 5.92 Å². The zero-order valence-electron chi connectivity index (χ0n) is 15.2. The minimum absolute atomic E-state index is 0.132. The van der Waals surface area contributed by atoms with E-state index in [1.807, 2.05) is 0 Å². The van der Waals surface area contributed by atoms with Gasteiger partial charge in [0.2, 0.25) is 9.84 Å². The summed E-state index contributed by atoms with van der Waals surface area (Å²) in [6.45, 7) is 2.11. The number of rotatable bonds is 4. The van der Waals surface area contributed by atoms with E-state index < -0.39 is 9.84 Å². The third-order valence-electron chi connectivity index (χ3n) is 5.03. The lowest BCUT2D eigenvalue weighted by molar-refractivity contribution is 0.140. The van der Waals surface area contributed by atoms with E-state index in [2.05, 4.69) is 10.5 Å². The van der Waals surface area contributed by atoms with Crippen LogP contribution in [0.4, 0.5) is 4.79 Å². The molecule has 2 heterocycles. The Labute approximate surface area is 163 Å². The highest BCUT2D eigenvalue weighted by Gasteiger charge is 2.32. The topological polar surface area (TPSA) is 88.1 Å². The van der Waals surface area contributed by atoms with Gasteiger partial charge in [-0.15, -0.1) is 0 Å². The van der Waals surface area contributed by atoms with Crippen molar-refractivity contribution in [2.45, 2.75) is 22.8 Å². The SMILES string of the molecule is O=C(NCc1ccc(S(=O)(=O)c2ccccc2)cc1)N1CCC2=NOCC2C1. The smallest absolute Gasteiger partial charge is 0.317 e.